The highest BCUT2D eigenvalue weighted by molar-refractivity contribution is 5.15. The number of hydrogen-bond donors (Lipinski definition) is 1. The van der Waals surface area contributed by atoms with E-state index in [1.807, 2.05) is 18.2 Å². The van der Waals surface area contributed by atoms with E-state index in [1.165, 1.54) is 24.8 Å². The molecule has 0 aliphatic carbocycles. The number of aliphatic hydroxyl groups excluding tert-OH is 1. The topological polar surface area (TPSA) is 20.2 Å². The zero-order chi connectivity index (χ0) is 10.9. The third kappa shape index (κ3) is 5.58. The molecule has 0 heterocycles. The highest BCUT2D eigenvalue weighted by Gasteiger charge is 2.04. The molecule has 1 nitrogen and oxygen atoms in total. The van der Waals surface area contributed by atoms with Gasteiger partial charge in [0.05, 0.1) is 6.10 Å². The Morgan fingerprint density at radius 3 is 2.47 bits per heavy atom. The third-order valence-electron chi connectivity index (χ3n) is 2.71. The van der Waals surface area contributed by atoms with Crippen molar-refractivity contribution in [3.05, 3.63) is 35.9 Å². The molecule has 1 atom stereocenters. The molecule has 0 unspecified atom stereocenters. The molecule has 1 heteroatoms. The molecule has 0 saturated heterocycles. The zero-order valence-corrected chi connectivity index (χ0v) is 9.65. The Balaban J connectivity index is 2.16. The predicted octanol–water partition coefficient (Wildman–Crippen LogP) is 3.56. The van der Waals surface area contributed by atoms with E-state index in [4.69, 9.17) is 0 Å². The summed E-state index contributed by atoms with van der Waals surface area (Å²) in [5.74, 6) is 0. The van der Waals surface area contributed by atoms with E-state index in [9.17, 15) is 5.11 Å². The number of hydrogen-bond acceptors (Lipinski definition) is 1. The second-order valence-corrected chi connectivity index (χ2v) is 4.19. The number of unbranched alkanes of at least 4 members (excludes halogenated alkanes) is 3. The number of aliphatic hydroxyl groups is 1. The SMILES string of the molecule is CCCCCC[C@H](O)Cc1ccccc1. The van der Waals surface area contributed by atoms with Crippen molar-refractivity contribution >= 4 is 0 Å². The van der Waals surface area contributed by atoms with E-state index >= 15 is 0 Å². The summed E-state index contributed by atoms with van der Waals surface area (Å²) in [6.07, 6.45) is 6.53. The maximum atomic E-state index is 9.80. The molecule has 1 rings (SSSR count). The first kappa shape index (κ1) is 12.3. The molecule has 0 amide bonds. The van der Waals surface area contributed by atoms with Crippen molar-refractivity contribution in [3.8, 4) is 0 Å². The molecule has 0 aliphatic rings. The lowest BCUT2D eigenvalue weighted by molar-refractivity contribution is 0.161. The Kier molecular flexibility index (Phi) is 6.10. The highest BCUT2D eigenvalue weighted by Crippen LogP contribution is 2.10. The van der Waals surface area contributed by atoms with E-state index in [-0.39, 0.29) is 6.10 Å². The fourth-order valence-electron chi connectivity index (χ4n) is 1.79. The molecule has 0 fully saturated rings. The average molecular weight is 206 g/mol. The molecule has 0 radical (unpaired) electrons. The van der Waals surface area contributed by atoms with Crippen LogP contribution in [0.4, 0.5) is 0 Å². The molecule has 1 aromatic carbocycles. The van der Waals surface area contributed by atoms with Crippen molar-refractivity contribution in [1.82, 2.24) is 0 Å². The van der Waals surface area contributed by atoms with Crippen molar-refractivity contribution < 1.29 is 5.11 Å². The predicted molar refractivity (Wildman–Crippen MR) is 64.9 cm³/mol. The molecule has 0 spiro atoms. The summed E-state index contributed by atoms with van der Waals surface area (Å²) in [6, 6.07) is 10.2. The molecule has 0 aromatic heterocycles. The summed E-state index contributed by atoms with van der Waals surface area (Å²) >= 11 is 0. The van der Waals surface area contributed by atoms with Crippen LogP contribution in [0.1, 0.15) is 44.6 Å². The van der Waals surface area contributed by atoms with Crippen LogP contribution in [0.25, 0.3) is 0 Å². The fourth-order valence-corrected chi connectivity index (χ4v) is 1.79. The van der Waals surface area contributed by atoms with Gasteiger partial charge in [0.15, 0.2) is 0 Å². The lowest BCUT2D eigenvalue weighted by atomic mass is 10.0. The van der Waals surface area contributed by atoms with Crippen molar-refractivity contribution in [2.75, 3.05) is 0 Å². The summed E-state index contributed by atoms with van der Waals surface area (Å²) < 4.78 is 0. The summed E-state index contributed by atoms with van der Waals surface area (Å²) in [6.45, 7) is 2.21. The summed E-state index contributed by atoms with van der Waals surface area (Å²) in [5, 5.41) is 9.80. The molecule has 84 valence electrons. The van der Waals surface area contributed by atoms with Crippen LogP contribution < -0.4 is 0 Å². The Morgan fingerprint density at radius 1 is 1.07 bits per heavy atom. The van der Waals surface area contributed by atoms with Gasteiger partial charge in [-0.15, -0.1) is 0 Å². The lowest BCUT2D eigenvalue weighted by Gasteiger charge is -2.10. The first-order valence-corrected chi connectivity index (χ1v) is 6.05. The monoisotopic (exact) mass is 206 g/mol. The molecular weight excluding hydrogens is 184 g/mol. The first-order valence-electron chi connectivity index (χ1n) is 6.05. The van der Waals surface area contributed by atoms with Crippen molar-refractivity contribution in [2.24, 2.45) is 0 Å². The van der Waals surface area contributed by atoms with Crippen LogP contribution >= 0.6 is 0 Å². The Hall–Kier alpha value is -0.820. The second-order valence-electron chi connectivity index (χ2n) is 4.19. The van der Waals surface area contributed by atoms with Gasteiger partial charge in [-0.05, 0) is 18.4 Å². The minimum absolute atomic E-state index is 0.163. The van der Waals surface area contributed by atoms with Crippen molar-refractivity contribution in [3.63, 3.8) is 0 Å². The van der Waals surface area contributed by atoms with Gasteiger partial charge in [0.25, 0.3) is 0 Å². The third-order valence-corrected chi connectivity index (χ3v) is 2.71. The van der Waals surface area contributed by atoms with Crippen LogP contribution in [0.5, 0.6) is 0 Å². The Labute approximate surface area is 93.1 Å². The summed E-state index contributed by atoms with van der Waals surface area (Å²) in [5.41, 5.74) is 1.24. The van der Waals surface area contributed by atoms with E-state index in [2.05, 4.69) is 19.1 Å². The van der Waals surface area contributed by atoms with Gasteiger partial charge in [-0.1, -0.05) is 62.9 Å². The van der Waals surface area contributed by atoms with Crippen molar-refractivity contribution in [1.29, 1.82) is 0 Å². The smallest absolute Gasteiger partial charge is 0.0580 e. The molecule has 0 aliphatic heterocycles. The van der Waals surface area contributed by atoms with Gasteiger partial charge < -0.3 is 5.11 Å². The van der Waals surface area contributed by atoms with Gasteiger partial charge in [0.2, 0.25) is 0 Å². The van der Waals surface area contributed by atoms with Crippen LogP contribution in [0.15, 0.2) is 30.3 Å². The minimum atomic E-state index is -0.163. The quantitative estimate of drug-likeness (QED) is 0.676. The Bertz CT molecular complexity index is 243. The maximum absolute atomic E-state index is 9.80. The van der Waals surface area contributed by atoms with Gasteiger partial charge in [0.1, 0.15) is 0 Å². The van der Waals surface area contributed by atoms with E-state index in [0.29, 0.717) is 0 Å². The van der Waals surface area contributed by atoms with Crippen LogP contribution in [-0.4, -0.2) is 11.2 Å². The molecule has 1 N–H and O–H groups in total. The van der Waals surface area contributed by atoms with E-state index < -0.39 is 0 Å². The van der Waals surface area contributed by atoms with Crippen LogP contribution in [-0.2, 0) is 6.42 Å². The van der Waals surface area contributed by atoms with Crippen LogP contribution in [0.3, 0.4) is 0 Å². The van der Waals surface area contributed by atoms with Gasteiger partial charge >= 0.3 is 0 Å². The standard InChI is InChI=1S/C14H22O/c1-2-3-4-8-11-14(15)12-13-9-6-5-7-10-13/h5-7,9-10,14-15H,2-4,8,11-12H2,1H3/t14-/m0/s1. The van der Waals surface area contributed by atoms with Gasteiger partial charge in [0, 0.05) is 0 Å². The highest BCUT2D eigenvalue weighted by atomic mass is 16.3. The zero-order valence-electron chi connectivity index (χ0n) is 9.65. The number of benzene rings is 1. The van der Waals surface area contributed by atoms with Gasteiger partial charge in [-0.25, -0.2) is 0 Å². The second kappa shape index (κ2) is 7.47. The van der Waals surface area contributed by atoms with E-state index in [1.54, 1.807) is 0 Å². The maximum Gasteiger partial charge on any atom is 0.0580 e. The normalized spacial score (nSPS) is 12.7. The molecular formula is C14H22O. The first-order chi connectivity index (χ1) is 7.33. The minimum Gasteiger partial charge on any atom is -0.393 e. The molecule has 0 saturated carbocycles. The molecule has 1 aromatic rings. The van der Waals surface area contributed by atoms with E-state index in [0.717, 1.165) is 19.3 Å². The number of rotatable bonds is 7. The largest absolute Gasteiger partial charge is 0.393 e. The average Bonchev–Trinajstić information content (AvgIpc) is 2.26. The summed E-state index contributed by atoms with van der Waals surface area (Å²) in [4.78, 5) is 0. The van der Waals surface area contributed by atoms with Crippen LogP contribution in [0, 0.1) is 0 Å². The van der Waals surface area contributed by atoms with Gasteiger partial charge in [-0.3, -0.25) is 0 Å². The van der Waals surface area contributed by atoms with Gasteiger partial charge in [-0.2, -0.15) is 0 Å². The molecule has 0 bridgehead atoms. The lowest BCUT2D eigenvalue weighted by Crippen LogP contribution is -2.09. The Morgan fingerprint density at radius 2 is 1.80 bits per heavy atom. The summed E-state index contributed by atoms with van der Waals surface area (Å²) in [7, 11) is 0. The van der Waals surface area contributed by atoms with Crippen molar-refractivity contribution in [2.45, 2.75) is 51.6 Å². The van der Waals surface area contributed by atoms with Crippen LogP contribution in [0.2, 0.25) is 0 Å². The molecule has 15 heavy (non-hydrogen) atoms. The fraction of sp³-hybridized carbons (Fsp3) is 0.571.